The van der Waals surface area contributed by atoms with Crippen molar-refractivity contribution in [2.24, 2.45) is 5.92 Å². The molecule has 0 aromatic heterocycles. The lowest BCUT2D eigenvalue weighted by Crippen LogP contribution is -2.32. The Hall–Kier alpha value is -1.70. The average molecular weight is 342 g/mol. The van der Waals surface area contributed by atoms with Crippen LogP contribution in [-0.2, 0) is 4.74 Å². The molecule has 0 saturated carbocycles. The summed E-state index contributed by atoms with van der Waals surface area (Å²) in [6, 6.07) is 4.05. The van der Waals surface area contributed by atoms with Gasteiger partial charge in [0, 0.05) is 37.8 Å². The predicted octanol–water partition coefficient (Wildman–Crippen LogP) is 1.95. The largest absolute Gasteiger partial charge is 0.383 e. The summed E-state index contributed by atoms with van der Waals surface area (Å²) in [6.45, 7) is 3.94. The number of methoxy groups -OCH3 is 1. The molecule has 1 saturated heterocycles. The molecule has 0 bridgehead atoms. The molecule has 1 N–H and O–H groups in total. The van der Waals surface area contributed by atoms with Crippen LogP contribution in [0.4, 0.5) is 5.69 Å². The number of ether oxygens (including phenoxy) is 1. The van der Waals surface area contributed by atoms with Gasteiger partial charge in [0.25, 0.3) is 11.6 Å². The van der Waals surface area contributed by atoms with Crippen LogP contribution in [-0.4, -0.2) is 55.6 Å². The van der Waals surface area contributed by atoms with Crippen molar-refractivity contribution in [1.82, 2.24) is 10.2 Å². The van der Waals surface area contributed by atoms with Crippen LogP contribution in [0, 0.1) is 16.0 Å². The van der Waals surface area contributed by atoms with E-state index >= 15 is 0 Å². The van der Waals surface area contributed by atoms with E-state index in [2.05, 4.69) is 10.2 Å². The minimum Gasteiger partial charge on any atom is -0.383 e. The molecule has 1 aromatic carbocycles. The van der Waals surface area contributed by atoms with Gasteiger partial charge in [0.15, 0.2) is 0 Å². The second-order valence-corrected chi connectivity index (χ2v) is 6.01. The summed E-state index contributed by atoms with van der Waals surface area (Å²) in [7, 11) is 1.67. The van der Waals surface area contributed by atoms with Crippen LogP contribution in [0.3, 0.4) is 0 Å². The number of halogens is 1. The van der Waals surface area contributed by atoms with Crippen molar-refractivity contribution in [2.75, 3.05) is 39.9 Å². The van der Waals surface area contributed by atoms with E-state index in [1.807, 2.05) is 0 Å². The third kappa shape index (κ3) is 4.89. The van der Waals surface area contributed by atoms with Crippen molar-refractivity contribution in [2.45, 2.75) is 6.42 Å². The lowest BCUT2D eigenvalue weighted by atomic mass is 10.1. The highest BCUT2D eigenvalue weighted by Gasteiger charge is 2.24. The van der Waals surface area contributed by atoms with Gasteiger partial charge in [-0.3, -0.25) is 14.9 Å². The molecule has 0 unspecified atom stereocenters. The van der Waals surface area contributed by atoms with Crippen LogP contribution >= 0.6 is 11.6 Å². The number of nitro benzene ring substituents is 1. The Bertz CT molecular complexity index is 582. The molecule has 126 valence electrons. The van der Waals surface area contributed by atoms with E-state index in [0.717, 1.165) is 26.1 Å². The van der Waals surface area contributed by atoms with Crippen LogP contribution < -0.4 is 5.32 Å². The van der Waals surface area contributed by atoms with E-state index in [0.29, 0.717) is 19.1 Å². The van der Waals surface area contributed by atoms with E-state index < -0.39 is 10.8 Å². The molecular formula is C15H20ClN3O4. The summed E-state index contributed by atoms with van der Waals surface area (Å²) < 4.78 is 5.05. The molecule has 7 nitrogen and oxygen atoms in total. The number of benzene rings is 1. The molecule has 23 heavy (non-hydrogen) atoms. The van der Waals surface area contributed by atoms with Gasteiger partial charge in [0.1, 0.15) is 5.56 Å². The van der Waals surface area contributed by atoms with Crippen molar-refractivity contribution >= 4 is 23.2 Å². The standard InChI is InChI=1S/C15H20ClN3O4/c1-23-7-6-18-5-4-11(10-18)9-17-15(20)13-3-2-12(16)8-14(13)19(21)22/h2-3,8,11H,4-7,9-10H2,1H3,(H,17,20)/t11-/m0/s1. The van der Waals surface area contributed by atoms with E-state index in [9.17, 15) is 14.9 Å². The molecule has 1 atom stereocenters. The van der Waals surface area contributed by atoms with Gasteiger partial charge in [-0.25, -0.2) is 0 Å². The monoisotopic (exact) mass is 341 g/mol. The van der Waals surface area contributed by atoms with E-state index in [4.69, 9.17) is 16.3 Å². The maximum atomic E-state index is 12.2. The number of nitrogens with one attached hydrogen (secondary N) is 1. The van der Waals surface area contributed by atoms with E-state index in [-0.39, 0.29) is 16.3 Å². The SMILES string of the molecule is COCCN1CC[C@@H](CNC(=O)c2ccc(Cl)cc2[N+](=O)[O-])C1. The molecule has 1 aliphatic heterocycles. The number of carbonyl (C=O) groups is 1. The zero-order valence-electron chi connectivity index (χ0n) is 13.0. The number of nitrogens with zero attached hydrogens (tertiary/aromatic N) is 2. The lowest BCUT2D eigenvalue weighted by Gasteiger charge is -2.15. The number of nitro groups is 1. The molecule has 0 spiro atoms. The highest BCUT2D eigenvalue weighted by Crippen LogP contribution is 2.23. The lowest BCUT2D eigenvalue weighted by molar-refractivity contribution is -0.385. The molecule has 0 radical (unpaired) electrons. The first-order chi connectivity index (χ1) is 11.0. The maximum Gasteiger partial charge on any atom is 0.283 e. The summed E-state index contributed by atoms with van der Waals surface area (Å²) in [5.74, 6) is -0.0918. The van der Waals surface area contributed by atoms with Crippen LogP contribution in [0.1, 0.15) is 16.8 Å². The quantitative estimate of drug-likeness (QED) is 0.605. The van der Waals surface area contributed by atoms with Crippen molar-refractivity contribution in [3.8, 4) is 0 Å². The van der Waals surface area contributed by atoms with Gasteiger partial charge >= 0.3 is 0 Å². The first kappa shape index (κ1) is 17.7. The van der Waals surface area contributed by atoms with Crippen molar-refractivity contribution in [3.05, 3.63) is 38.9 Å². The number of carbonyl (C=O) groups excluding carboxylic acids is 1. The molecule has 0 aliphatic carbocycles. The predicted molar refractivity (Wildman–Crippen MR) is 86.9 cm³/mol. The van der Waals surface area contributed by atoms with Gasteiger partial charge in [0.05, 0.1) is 11.5 Å². The molecule has 1 aliphatic rings. The zero-order valence-corrected chi connectivity index (χ0v) is 13.7. The fourth-order valence-corrected chi connectivity index (χ4v) is 2.85. The smallest absolute Gasteiger partial charge is 0.283 e. The summed E-state index contributed by atoms with van der Waals surface area (Å²) >= 11 is 5.75. The molecule has 1 heterocycles. The molecule has 1 amide bonds. The number of likely N-dealkylation sites (tertiary alicyclic amines) is 1. The zero-order chi connectivity index (χ0) is 16.8. The third-order valence-electron chi connectivity index (χ3n) is 3.93. The maximum absolute atomic E-state index is 12.2. The Morgan fingerprint density at radius 2 is 2.35 bits per heavy atom. The molecule has 1 fully saturated rings. The Morgan fingerprint density at radius 1 is 1.57 bits per heavy atom. The molecule has 8 heteroatoms. The van der Waals surface area contributed by atoms with Crippen LogP contribution in [0.15, 0.2) is 18.2 Å². The van der Waals surface area contributed by atoms with Gasteiger partial charge in [-0.1, -0.05) is 11.6 Å². The summed E-state index contributed by atoms with van der Waals surface area (Å²) in [4.78, 5) is 24.9. The third-order valence-corrected chi connectivity index (χ3v) is 4.17. The number of amides is 1. The molecule has 2 rings (SSSR count). The van der Waals surface area contributed by atoms with E-state index in [1.165, 1.54) is 18.2 Å². The number of rotatable bonds is 7. The first-order valence-corrected chi connectivity index (χ1v) is 7.82. The fourth-order valence-electron chi connectivity index (χ4n) is 2.68. The van der Waals surface area contributed by atoms with Gasteiger partial charge in [-0.05, 0) is 31.0 Å². The van der Waals surface area contributed by atoms with E-state index in [1.54, 1.807) is 7.11 Å². The van der Waals surface area contributed by atoms with Crippen LogP contribution in [0.25, 0.3) is 0 Å². The number of hydrogen-bond donors (Lipinski definition) is 1. The average Bonchev–Trinajstić information content (AvgIpc) is 2.98. The number of hydrogen-bond acceptors (Lipinski definition) is 5. The Balaban J connectivity index is 1.90. The van der Waals surface area contributed by atoms with Crippen molar-refractivity contribution in [3.63, 3.8) is 0 Å². The Labute approximate surface area is 139 Å². The minimum atomic E-state index is -0.594. The fraction of sp³-hybridized carbons (Fsp3) is 0.533. The van der Waals surface area contributed by atoms with Crippen molar-refractivity contribution in [1.29, 1.82) is 0 Å². The van der Waals surface area contributed by atoms with Crippen LogP contribution in [0.2, 0.25) is 5.02 Å². The van der Waals surface area contributed by atoms with Gasteiger partial charge < -0.3 is 15.0 Å². The highest BCUT2D eigenvalue weighted by molar-refractivity contribution is 6.31. The van der Waals surface area contributed by atoms with Gasteiger partial charge in [-0.2, -0.15) is 0 Å². The van der Waals surface area contributed by atoms with Crippen molar-refractivity contribution < 1.29 is 14.5 Å². The minimum absolute atomic E-state index is 0.0358. The van der Waals surface area contributed by atoms with Gasteiger partial charge in [-0.15, -0.1) is 0 Å². The normalized spacial score (nSPS) is 18.1. The summed E-state index contributed by atoms with van der Waals surface area (Å²) in [5.41, 5.74) is -0.239. The highest BCUT2D eigenvalue weighted by atomic mass is 35.5. The first-order valence-electron chi connectivity index (χ1n) is 7.44. The van der Waals surface area contributed by atoms with Gasteiger partial charge in [0.2, 0.25) is 0 Å². The summed E-state index contributed by atoms with van der Waals surface area (Å²) in [5, 5.41) is 14.1. The second-order valence-electron chi connectivity index (χ2n) is 5.58. The van der Waals surface area contributed by atoms with Crippen LogP contribution in [0.5, 0.6) is 0 Å². The molecule has 1 aromatic rings. The Morgan fingerprint density at radius 3 is 3.04 bits per heavy atom. The second kappa shape index (κ2) is 8.24. The Kier molecular flexibility index (Phi) is 6.32. The topological polar surface area (TPSA) is 84.7 Å². The summed E-state index contributed by atoms with van der Waals surface area (Å²) in [6.07, 6.45) is 0.993. The molecular weight excluding hydrogens is 322 g/mol.